The Balaban J connectivity index is 1.77. The number of hydrazine groups is 1. The maximum absolute atomic E-state index is 12.5. The molecule has 26 heavy (non-hydrogen) atoms. The van der Waals surface area contributed by atoms with Crippen LogP contribution < -0.4 is 15.6 Å². The van der Waals surface area contributed by atoms with Crippen LogP contribution in [-0.2, 0) is 0 Å². The zero-order valence-corrected chi connectivity index (χ0v) is 15.4. The number of pyridine rings is 1. The highest BCUT2D eigenvalue weighted by molar-refractivity contribution is 6.41. The van der Waals surface area contributed by atoms with Crippen LogP contribution in [0.1, 0.15) is 10.4 Å². The topological polar surface area (TPSA) is 63.2 Å². The van der Waals surface area contributed by atoms with Crippen molar-refractivity contribution in [1.29, 1.82) is 0 Å². The second-order valence-corrected chi connectivity index (χ2v) is 6.35. The number of rotatable bonds is 5. The van der Waals surface area contributed by atoms with E-state index in [1.807, 2.05) is 18.2 Å². The van der Waals surface area contributed by atoms with Gasteiger partial charge < -0.3 is 4.74 Å². The number of hydrogen-bond acceptors (Lipinski definition) is 4. The number of aromatic nitrogens is 1. The third-order valence-corrected chi connectivity index (χ3v) is 4.10. The second kappa shape index (κ2) is 8.27. The van der Waals surface area contributed by atoms with Crippen molar-refractivity contribution in [2.24, 2.45) is 0 Å². The molecule has 0 spiro atoms. The summed E-state index contributed by atoms with van der Waals surface area (Å²) in [5.41, 5.74) is 5.79. The van der Waals surface area contributed by atoms with Gasteiger partial charge >= 0.3 is 0 Å². The van der Waals surface area contributed by atoms with E-state index < -0.39 is 5.91 Å². The lowest BCUT2D eigenvalue weighted by atomic mass is 10.2. The Morgan fingerprint density at radius 1 is 0.962 bits per heavy atom. The summed E-state index contributed by atoms with van der Waals surface area (Å²) in [6.45, 7) is 0. The standard InChI is InChI=1S/C18H12Cl3N3O2/c19-11-9-14(20)16(15(21)10-11)23-24-17(25)13-7-4-8-22-18(13)26-12-5-2-1-3-6-12/h1-10,23H,(H,24,25). The highest BCUT2D eigenvalue weighted by Crippen LogP contribution is 2.33. The van der Waals surface area contributed by atoms with Gasteiger partial charge in [0.05, 0.1) is 15.7 Å². The fraction of sp³-hybridized carbons (Fsp3) is 0. The van der Waals surface area contributed by atoms with Crippen molar-refractivity contribution in [1.82, 2.24) is 10.4 Å². The number of anilines is 1. The molecule has 0 saturated carbocycles. The van der Waals surface area contributed by atoms with E-state index in [1.165, 1.54) is 18.3 Å². The van der Waals surface area contributed by atoms with Crippen LogP contribution >= 0.6 is 34.8 Å². The van der Waals surface area contributed by atoms with E-state index in [2.05, 4.69) is 15.8 Å². The Morgan fingerprint density at radius 3 is 2.35 bits per heavy atom. The molecule has 0 fully saturated rings. The zero-order valence-electron chi connectivity index (χ0n) is 13.2. The average molecular weight is 409 g/mol. The summed E-state index contributed by atoms with van der Waals surface area (Å²) in [4.78, 5) is 16.6. The van der Waals surface area contributed by atoms with Gasteiger partial charge in [0.2, 0.25) is 5.88 Å². The number of carbonyl (C=O) groups excluding carboxylic acids is 1. The summed E-state index contributed by atoms with van der Waals surface area (Å²) < 4.78 is 5.68. The van der Waals surface area contributed by atoms with Gasteiger partial charge in [-0.15, -0.1) is 0 Å². The number of halogens is 3. The number of amides is 1. The molecule has 0 radical (unpaired) electrons. The zero-order chi connectivity index (χ0) is 18.5. The molecule has 1 heterocycles. The van der Waals surface area contributed by atoms with Crippen LogP contribution in [0.25, 0.3) is 0 Å². The van der Waals surface area contributed by atoms with Gasteiger partial charge in [0.15, 0.2) is 0 Å². The molecule has 5 nitrogen and oxygen atoms in total. The number of benzene rings is 2. The first kappa shape index (κ1) is 18.3. The number of ether oxygens (including phenoxy) is 1. The van der Waals surface area contributed by atoms with E-state index in [4.69, 9.17) is 39.5 Å². The molecule has 0 aliphatic carbocycles. The van der Waals surface area contributed by atoms with Crippen LogP contribution in [0.2, 0.25) is 15.1 Å². The Kier molecular flexibility index (Phi) is 5.83. The summed E-state index contributed by atoms with van der Waals surface area (Å²) in [5.74, 6) is 0.273. The van der Waals surface area contributed by atoms with Gasteiger partial charge in [-0.1, -0.05) is 53.0 Å². The lowest BCUT2D eigenvalue weighted by Gasteiger charge is -2.13. The van der Waals surface area contributed by atoms with Crippen molar-refractivity contribution >= 4 is 46.4 Å². The van der Waals surface area contributed by atoms with E-state index >= 15 is 0 Å². The Labute approximate surface area is 164 Å². The number of nitrogens with zero attached hydrogens (tertiary/aromatic N) is 1. The molecule has 2 N–H and O–H groups in total. The number of nitrogens with one attached hydrogen (secondary N) is 2. The molecule has 1 aromatic heterocycles. The van der Waals surface area contributed by atoms with E-state index in [-0.39, 0.29) is 21.5 Å². The normalized spacial score (nSPS) is 10.3. The van der Waals surface area contributed by atoms with E-state index in [9.17, 15) is 4.79 Å². The summed E-state index contributed by atoms with van der Waals surface area (Å²) in [6, 6.07) is 15.3. The van der Waals surface area contributed by atoms with E-state index in [0.29, 0.717) is 16.5 Å². The minimum atomic E-state index is -0.467. The van der Waals surface area contributed by atoms with Gasteiger partial charge in [-0.2, -0.15) is 0 Å². The Hall–Kier alpha value is -2.47. The molecule has 3 aromatic rings. The molecule has 3 rings (SSSR count). The van der Waals surface area contributed by atoms with Gasteiger partial charge in [-0.3, -0.25) is 15.6 Å². The molecule has 0 aliphatic rings. The molecular formula is C18H12Cl3N3O2. The molecular weight excluding hydrogens is 397 g/mol. The van der Waals surface area contributed by atoms with E-state index in [1.54, 1.807) is 24.3 Å². The maximum Gasteiger partial charge on any atom is 0.275 e. The van der Waals surface area contributed by atoms with Crippen molar-refractivity contribution in [3.05, 3.63) is 81.4 Å². The van der Waals surface area contributed by atoms with Crippen molar-refractivity contribution in [2.75, 3.05) is 5.43 Å². The van der Waals surface area contributed by atoms with Gasteiger partial charge in [0.25, 0.3) is 5.91 Å². The average Bonchev–Trinajstić information content (AvgIpc) is 2.62. The fourth-order valence-corrected chi connectivity index (χ4v) is 3.00. The molecule has 0 unspecified atom stereocenters. The van der Waals surface area contributed by atoms with Crippen molar-refractivity contribution < 1.29 is 9.53 Å². The van der Waals surface area contributed by atoms with Crippen LogP contribution in [-0.4, -0.2) is 10.9 Å². The van der Waals surface area contributed by atoms with Gasteiger partial charge in [0.1, 0.15) is 11.3 Å². The molecule has 1 amide bonds. The molecule has 0 atom stereocenters. The molecule has 0 saturated heterocycles. The highest BCUT2D eigenvalue weighted by Gasteiger charge is 2.15. The molecule has 0 aliphatic heterocycles. The SMILES string of the molecule is O=C(NNc1c(Cl)cc(Cl)cc1Cl)c1cccnc1Oc1ccccc1. The largest absolute Gasteiger partial charge is 0.438 e. The van der Waals surface area contributed by atoms with Crippen molar-refractivity contribution in [3.63, 3.8) is 0 Å². The van der Waals surface area contributed by atoms with Crippen LogP contribution in [0.5, 0.6) is 11.6 Å². The van der Waals surface area contributed by atoms with Crippen LogP contribution in [0.4, 0.5) is 5.69 Å². The smallest absolute Gasteiger partial charge is 0.275 e. The summed E-state index contributed by atoms with van der Waals surface area (Å²) in [7, 11) is 0. The minimum absolute atomic E-state index is 0.173. The summed E-state index contributed by atoms with van der Waals surface area (Å²) in [5, 5.41) is 0.937. The second-order valence-electron chi connectivity index (χ2n) is 5.09. The van der Waals surface area contributed by atoms with Gasteiger partial charge in [0, 0.05) is 11.2 Å². The predicted molar refractivity (Wildman–Crippen MR) is 103 cm³/mol. The van der Waals surface area contributed by atoms with E-state index in [0.717, 1.165) is 0 Å². The maximum atomic E-state index is 12.5. The Morgan fingerprint density at radius 2 is 1.65 bits per heavy atom. The molecule has 2 aromatic carbocycles. The predicted octanol–water partition coefficient (Wildman–Crippen LogP) is 5.59. The molecule has 8 heteroatoms. The first-order valence-electron chi connectivity index (χ1n) is 7.43. The molecule has 132 valence electrons. The number of hydrogen-bond donors (Lipinski definition) is 2. The van der Waals surface area contributed by atoms with Crippen molar-refractivity contribution in [2.45, 2.75) is 0 Å². The number of carbonyl (C=O) groups is 1. The van der Waals surface area contributed by atoms with Crippen LogP contribution in [0, 0.1) is 0 Å². The fourth-order valence-electron chi connectivity index (χ4n) is 2.09. The summed E-state index contributed by atoms with van der Waals surface area (Å²) in [6.07, 6.45) is 1.54. The third kappa shape index (κ3) is 4.38. The van der Waals surface area contributed by atoms with Gasteiger partial charge in [-0.25, -0.2) is 4.98 Å². The lowest BCUT2D eigenvalue weighted by Crippen LogP contribution is -2.30. The monoisotopic (exact) mass is 407 g/mol. The Bertz CT molecular complexity index is 913. The van der Waals surface area contributed by atoms with Gasteiger partial charge in [-0.05, 0) is 36.4 Å². The third-order valence-electron chi connectivity index (χ3n) is 3.28. The minimum Gasteiger partial charge on any atom is -0.438 e. The quantitative estimate of drug-likeness (QED) is 0.540. The van der Waals surface area contributed by atoms with Crippen LogP contribution in [0.15, 0.2) is 60.8 Å². The first-order chi connectivity index (χ1) is 12.5. The summed E-state index contributed by atoms with van der Waals surface area (Å²) >= 11 is 18.0. The highest BCUT2D eigenvalue weighted by atomic mass is 35.5. The lowest BCUT2D eigenvalue weighted by molar-refractivity contribution is 0.0960. The first-order valence-corrected chi connectivity index (χ1v) is 8.57. The van der Waals surface area contributed by atoms with Crippen LogP contribution in [0.3, 0.4) is 0 Å². The molecule has 0 bridgehead atoms. The number of para-hydroxylation sites is 1. The van der Waals surface area contributed by atoms with Crippen molar-refractivity contribution in [3.8, 4) is 11.6 Å².